The van der Waals surface area contributed by atoms with Crippen LogP contribution in [0.2, 0.25) is 0 Å². The summed E-state index contributed by atoms with van der Waals surface area (Å²) in [5.41, 5.74) is 7.39. The van der Waals surface area contributed by atoms with Crippen LogP contribution in [0.3, 0.4) is 0 Å². The highest BCUT2D eigenvalue weighted by atomic mass is 32.1. The van der Waals surface area contributed by atoms with E-state index in [2.05, 4.69) is 81.7 Å². The number of hydrogen-bond donors (Lipinski definition) is 2. The molecule has 2 aromatic carbocycles. The first-order valence-electron chi connectivity index (χ1n) is 7.58. The van der Waals surface area contributed by atoms with Gasteiger partial charge in [-0.05, 0) is 81.2 Å². The summed E-state index contributed by atoms with van der Waals surface area (Å²) in [5, 5.41) is 7.28. The van der Waals surface area contributed by atoms with Crippen LogP contribution < -0.4 is 10.6 Å². The molecule has 0 aromatic heterocycles. The van der Waals surface area contributed by atoms with Gasteiger partial charge in [0.05, 0.1) is 6.04 Å². The Bertz CT molecular complexity index is 692. The van der Waals surface area contributed by atoms with Crippen LogP contribution in [-0.2, 0) is 0 Å². The summed E-state index contributed by atoms with van der Waals surface area (Å²) in [5.74, 6) is 0. The smallest absolute Gasteiger partial charge is 0.171 e. The van der Waals surface area contributed by atoms with Crippen LogP contribution in [-0.4, -0.2) is 5.11 Å². The molecule has 0 spiro atoms. The molecule has 3 heteroatoms. The fraction of sp³-hybridized carbons (Fsp3) is 0.316. The molecule has 0 fully saturated rings. The predicted octanol–water partition coefficient (Wildman–Crippen LogP) is 4.97. The van der Waals surface area contributed by atoms with Crippen molar-refractivity contribution in [1.82, 2.24) is 5.32 Å². The number of nitrogens with one attached hydrogen (secondary N) is 2. The summed E-state index contributed by atoms with van der Waals surface area (Å²) in [6, 6.07) is 13.0. The molecule has 2 aromatic rings. The molecular formula is C19H24N2S. The van der Waals surface area contributed by atoms with E-state index in [1.165, 1.54) is 27.8 Å². The summed E-state index contributed by atoms with van der Waals surface area (Å²) < 4.78 is 0. The van der Waals surface area contributed by atoms with Crippen LogP contribution in [0.4, 0.5) is 5.69 Å². The molecule has 22 heavy (non-hydrogen) atoms. The second-order valence-electron chi connectivity index (χ2n) is 5.98. The van der Waals surface area contributed by atoms with Gasteiger partial charge in [0.2, 0.25) is 0 Å². The zero-order chi connectivity index (χ0) is 16.3. The number of rotatable bonds is 3. The van der Waals surface area contributed by atoms with Gasteiger partial charge in [0, 0.05) is 5.69 Å². The van der Waals surface area contributed by atoms with E-state index < -0.39 is 0 Å². The highest BCUT2D eigenvalue weighted by Gasteiger charge is 2.10. The minimum atomic E-state index is 0.173. The van der Waals surface area contributed by atoms with Gasteiger partial charge in [-0.15, -0.1) is 0 Å². The van der Waals surface area contributed by atoms with Crippen LogP contribution >= 0.6 is 12.2 Å². The number of hydrogen-bond acceptors (Lipinski definition) is 1. The SMILES string of the molecule is Cc1ccc(C)c([C@@H](C)NC(=S)Nc2ccc(C)c(C)c2)c1. The number of aryl methyl sites for hydroxylation is 4. The Morgan fingerprint density at radius 2 is 1.59 bits per heavy atom. The van der Waals surface area contributed by atoms with Gasteiger partial charge in [0.15, 0.2) is 5.11 Å². The third-order valence-electron chi connectivity index (χ3n) is 4.01. The Morgan fingerprint density at radius 3 is 2.27 bits per heavy atom. The van der Waals surface area contributed by atoms with E-state index in [-0.39, 0.29) is 6.04 Å². The lowest BCUT2D eigenvalue weighted by molar-refractivity contribution is 0.716. The number of anilines is 1. The van der Waals surface area contributed by atoms with E-state index in [0.29, 0.717) is 5.11 Å². The number of benzene rings is 2. The van der Waals surface area contributed by atoms with E-state index in [1.54, 1.807) is 0 Å². The van der Waals surface area contributed by atoms with E-state index in [1.807, 2.05) is 0 Å². The van der Waals surface area contributed by atoms with Crippen LogP contribution in [0.5, 0.6) is 0 Å². The molecule has 0 heterocycles. The van der Waals surface area contributed by atoms with Gasteiger partial charge in [-0.2, -0.15) is 0 Å². The molecule has 0 bridgehead atoms. The zero-order valence-corrected chi connectivity index (χ0v) is 14.8. The summed E-state index contributed by atoms with van der Waals surface area (Å²) in [7, 11) is 0. The molecule has 0 amide bonds. The minimum absolute atomic E-state index is 0.173. The summed E-state index contributed by atoms with van der Waals surface area (Å²) in [6.45, 7) is 10.6. The molecule has 0 unspecified atom stereocenters. The molecule has 0 saturated heterocycles. The van der Waals surface area contributed by atoms with Crippen molar-refractivity contribution in [3.8, 4) is 0 Å². The molecule has 0 aliphatic carbocycles. The molecular weight excluding hydrogens is 288 g/mol. The van der Waals surface area contributed by atoms with Gasteiger partial charge < -0.3 is 10.6 Å². The second-order valence-corrected chi connectivity index (χ2v) is 6.39. The van der Waals surface area contributed by atoms with Gasteiger partial charge >= 0.3 is 0 Å². The van der Waals surface area contributed by atoms with Crippen molar-refractivity contribution in [1.29, 1.82) is 0 Å². The maximum Gasteiger partial charge on any atom is 0.171 e. The predicted molar refractivity (Wildman–Crippen MR) is 99.6 cm³/mol. The van der Waals surface area contributed by atoms with Crippen LogP contribution in [0.15, 0.2) is 36.4 Å². The summed E-state index contributed by atoms with van der Waals surface area (Å²) >= 11 is 5.44. The van der Waals surface area contributed by atoms with E-state index in [4.69, 9.17) is 12.2 Å². The maximum atomic E-state index is 5.44. The molecule has 2 nitrogen and oxygen atoms in total. The fourth-order valence-electron chi connectivity index (χ4n) is 2.49. The topological polar surface area (TPSA) is 24.1 Å². The van der Waals surface area contributed by atoms with Gasteiger partial charge in [-0.25, -0.2) is 0 Å². The molecule has 0 radical (unpaired) electrons. The lowest BCUT2D eigenvalue weighted by Gasteiger charge is -2.20. The molecule has 0 aliphatic heterocycles. The molecule has 2 rings (SSSR count). The van der Waals surface area contributed by atoms with E-state index in [9.17, 15) is 0 Å². The monoisotopic (exact) mass is 312 g/mol. The maximum absolute atomic E-state index is 5.44. The van der Waals surface area contributed by atoms with Gasteiger partial charge in [0.25, 0.3) is 0 Å². The molecule has 2 N–H and O–H groups in total. The normalized spacial score (nSPS) is 11.9. The summed E-state index contributed by atoms with van der Waals surface area (Å²) in [6.07, 6.45) is 0. The molecule has 0 aliphatic rings. The fourth-order valence-corrected chi connectivity index (χ4v) is 2.78. The van der Waals surface area contributed by atoms with Crippen molar-refractivity contribution < 1.29 is 0 Å². The Labute approximate surface area is 139 Å². The van der Waals surface area contributed by atoms with E-state index in [0.717, 1.165) is 5.69 Å². The molecule has 0 saturated carbocycles. The van der Waals surface area contributed by atoms with Crippen LogP contribution in [0, 0.1) is 27.7 Å². The average Bonchev–Trinajstić information content (AvgIpc) is 2.45. The van der Waals surface area contributed by atoms with Crippen LogP contribution in [0.1, 0.15) is 40.8 Å². The largest absolute Gasteiger partial charge is 0.356 e. The van der Waals surface area contributed by atoms with Gasteiger partial charge in [-0.3, -0.25) is 0 Å². The van der Waals surface area contributed by atoms with Gasteiger partial charge in [-0.1, -0.05) is 29.8 Å². The first kappa shape index (κ1) is 16.5. The first-order chi connectivity index (χ1) is 10.4. The highest BCUT2D eigenvalue weighted by Crippen LogP contribution is 2.19. The lowest BCUT2D eigenvalue weighted by atomic mass is 10.0. The lowest BCUT2D eigenvalue weighted by Crippen LogP contribution is -2.31. The third kappa shape index (κ3) is 4.08. The van der Waals surface area contributed by atoms with Crippen molar-refractivity contribution in [3.05, 3.63) is 64.2 Å². The Kier molecular flexibility index (Phi) is 5.19. The molecule has 116 valence electrons. The number of thiocarbonyl (C=S) groups is 1. The van der Waals surface area contributed by atoms with Crippen molar-refractivity contribution in [3.63, 3.8) is 0 Å². The molecule has 1 atom stereocenters. The Morgan fingerprint density at radius 1 is 0.909 bits per heavy atom. The average molecular weight is 312 g/mol. The second kappa shape index (κ2) is 6.93. The Hall–Kier alpha value is -1.87. The van der Waals surface area contributed by atoms with Crippen molar-refractivity contribution in [2.75, 3.05) is 5.32 Å². The van der Waals surface area contributed by atoms with Crippen LogP contribution in [0.25, 0.3) is 0 Å². The third-order valence-corrected chi connectivity index (χ3v) is 4.23. The van der Waals surface area contributed by atoms with Crippen molar-refractivity contribution >= 4 is 23.0 Å². The summed E-state index contributed by atoms with van der Waals surface area (Å²) in [4.78, 5) is 0. The highest BCUT2D eigenvalue weighted by molar-refractivity contribution is 7.80. The zero-order valence-electron chi connectivity index (χ0n) is 13.9. The first-order valence-corrected chi connectivity index (χ1v) is 7.99. The van der Waals surface area contributed by atoms with E-state index >= 15 is 0 Å². The van der Waals surface area contributed by atoms with Crippen molar-refractivity contribution in [2.45, 2.75) is 40.7 Å². The van der Waals surface area contributed by atoms with Crippen molar-refractivity contribution in [2.24, 2.45) is 0 Å². The minimum Gasteiger partial charge on any atom is -0.356 e. The van der Waals surface area contributed by atoms with Gasteiger partial charge in [0.1, 0.15) is 0 Å². The standard InChI is InChI=1S/C19H24N2S/c1-12-6-7-14(3)18(10-12)16(5)20-19(22)21-17-9-8-13(2)15(4)11-17/h6-11,16H,1-5H3,(H2,20,21,22)/t16-/m1/s1. The quantitative estimate of drug-likeness (QED) is 0.783. The Balaban J connectivity index is 2.05.